The van der Waals surface area contributed by atoms with Gasteiger partial charge in [0.2, 0.25) is 11.8 Å². The van der Waals surface area contributed by atoms with E-state index < -0.39 is 17.5 Å². The van der Waals surface area contributed by atoms with Gasteiger partial charge < -0.3 is 20.3 Å². The van der Waals surface area contributed by atoms with E-state index in [4.69, 9.17) is 16.3 Å². The maximum atomic E-state index is 14.0. The summed E-state index contributed by atoms with van der Waals surface area (Å²) in [6, 6.07) is 14.4. The minimum Gasteiger partial charge on any atom is -0.466 e. The Morgan fingerprint density at radius 3 is 2.39 bits per heavy atom. The number of ether oxygens (including phenoxy) is 1. The summed E-state index contributed by atoms with van der Waals surface area (Å²) in [6.07, 6.45) is 7.74. The lowest BCUT2D eigenvalue weighted by Crippen LogP contribution is -2.58. The molecule has 0 bridgehead atoms. The van der Waals surface area contributed by atoms with Crippen LogP contribution in [0.25, 0.3) is 0 Å². The molecule has 0 radical (unpaired) electrons. The van der Waals surface area contributed by atoms with Crippen LogP contribution in [-0.4, -0.2) is 54.5 Å². The van der Waals surface area contributed by atoms with Crippen LogP contribution >= 0.6 is 11.6 Å². The number of piperidine rings is 1. The highest BCUT2D eigenvalue weighted by atomic mass is 35.5. The third-order valence-corrected chi connectivity index (χ3v) is 9.65. The molecular formula is C33H42ClN3O4. The lowest BCUT2D eigenvalue weighted by Gasteiger charge is -2.46. The van der Waals surface area contributed by atoms with Crippen molar-refractivity contribution in [2.24, 2.45) is 11.3 Å². The molecule has 2 aliphatic heterocycles. The molecule has 0 aromatic heterocycles. The van der Waals surface area contributed by atoms with E-state index in [9.17, 15) is 14.4 Å². The van der Waals surface area contributed by atoms with E-state index in [0.717, 1.165) is 36.8 Å². The average Bonchev–Trinajstić information content (AvgIpc) is 3.01. The molecule has 2 heterocycles. The van der Waals surface area contributed by atoms with E-state index in [2.05, 4.69) is 22.8 Å². The molecule has 220 valence electrons. The highest BCUT2D eigenvalue weighted by molar-refractivity contribution is 6.30. The standard InChI is InChI=1S/C33H42ClN3O4/c1-2-41-32(40)33(26-10-4-3-5-11-26)16-18-37(19-17-33)31(39)29(20-23-12-14-27(34)15-13-23)36-30(38)28-21-24-8-6-7-9-25(24)22-35-28/h6-9,12-15,26,28-29,35H,2-5,10-11,16-22H2,1H3,(H,36,38). The molecule has 2 amide bonds. The van der Waals surface area contributed by atoms with Gasteiger partial charge in [-0.05, 0) is 73.8 Å². The quantitative estimate of drug-likeness (QED) is 0.437. The number of amides is 2. The SMILES string of the molecule is CCOC(=O)C1(C2CCCCC2)CCN(C(=O)C(Cc2ccc(Cl)cc2)NC(=O)C2Cc3ccccc3CN2)CC1. The van der Waals surface area contributed by atoms with Gasteiger partial charge in [-0.1, -0.05) is 67.3 Å². The first kappa shape index (κ1) is 29.6. The van der Waals surface area contributed by atoms with Gasteiger partial charge in [0.25, 0.3) is 0 Å². The van der Waals surface area contributed by atoms with Crippen molar-refractivity contribution in [3.05, 3.63) is 70.2 Å². The van der Waals surface area contributed by atoms with Crippen LogP contribution in [0.4, 0.5) is 0 Å². The number of nitrogens with one attached hydrogen (secondary N) is 2. The normalized spacial score (nSPS) is 21.4. The lowest BCUT2D eigenvalue weighted by molar-refractivity contribution is -0.166. The molecule has 2 aromatic carbocycles. The molecule has 41 heavy (non-hydrogen) atoms. The zero-order valence-electron chi connectivity index (χ0n) is 24.0. The van der Waals surface area contributed by atoms with Gasteiger partial charge in [0.05, 0.1) is 18.1 Å². The highest BCUT2D eigenvalue weighted by Gasteiger charge is 2.49. The number of likely N-dealkylation sites (tertiary alicyclic amines) is 1. The number of nitrogens with zero attached hydrogens (tertiary/aromatic N) is 1. The van der Waals surface area contributed by atoms with E-state index in [1.165, 1.54) is 12.0 Å². The number of hydrogen-bond acceptors (Lipinski definition) is 5. The number of fused-ring (bicyclic) bond motifs is 1. The van der Waals surface area contributed by atoms with Crippen molar-refractivity contribution in [2.75, 3.05) is 19.7 Å². The predicted molar refractivity (Wildman–Crippen MR) is 159 cm³/mol. The summed E-state index contributed by atoms with van der Waals surface area (Å²) in [4.78, 5) is 42.7. The summed E-state index contributed by atoms with van der Waals surface area (Å²) in [7, 11) is 0. The van der Waals surface area contributed by atoms with Crippen molar-refractivity contribution in [2.45, 2.75) is 83.3 Å². The second-order valence-corrected chi connectivity index (χ2v) is 12.3. The van der Waals surface area contributed by atoms with Crippen LogP contribution in [0.3, 0.4) is 0 Å². The predicted octanol–water partition coefficient (Wildman–Crippen LogP) is 4.83. The van der Waals surface area contributed by atoms with Gasteiger partial charge in [-0.15, -0.1) is 0 Å². The fraction of sp³-hybridized carbons (Fsp3) is 0.545. The van der Waals surface area contributed by atoms with Gasteiger partial charge in [-0.3, -0.25) is 14.4 Å². The van der Waals surface area contributed by atoms with E-state index in [-0.39, 0.29) is 17.8 Å². The first-order valence-electron chi connectivity index (χ1n) is 15.2. The fourth-order valence-electron chi connectivity index (χ4n) is 7.02. The Morgan fingerprint density at radius 2 is 1.71 bits per heavy atom. The molecule has 5 rings (SSSR count). The van der Waals surface area contributed by atoms with Gasteiger partial charge in [0, 0.05) is 31.1 Å². The van der Waals surface area contributed by atoms with Crippen LogP contribution in [0.1, 0.15) is 68.6 Å². The molecule has 1 saturated heterocycles. The molecule has 1 saturated carbocycles. The monoisotopic (exact) mass is 579 g/mol. The van der Waals surface area contributed by atoms with E-state index in [1.54, 1.807) is 12.1 Å². The molecule has 2 unspecified atom stereocenters. The summed E-state index contributed by atoms with van der Waals surface area (Å²) >= 11 is 6.11. The number of rotatable bonds is 8. The van der Waals surface area contributed by atoms with Crippen LogP contribution in [-0.2, 0) is 38.5 Å². The van der Waals surface area contributed by atoms with E-state index >= 15 is 0 Å². The maximum absolute atomic E-state index is 14.0. The number of esters is 1. The number of carbonyl (C=O) groups excluding carboxylic acids is 3. The van der Waals surface area contributed by atoms with E-state index in [1.807, 2.05) is 36.1 Å². The van der Waals surface area contributed by atoms with Crippen LogP contribution in [0.2, 0.25) is 5.02 Å². The Hall–Kier alpha value is -2.90. The maximum Gasteiger partial charge on any atom is 0.312 e. The van der Waals surface area contributed by atoms with Crippen LogP contribution in [0.15, 0.2) is 48.5 Å². The summed E-state index contributed by atoms with van der Waals surface area (Å²) in [5, 5.41) is 7.05. The van der Waals surface area contributed by atoms with Gasteiger partial charge in [0.1, 0.15) is 6.04 Å². The van der Waals surface area contributed by atoms with Crippen LogP contribution in [0.5, 0.6) is 0 Å². The third-order valence-electron chi connectivity index (χ3n) is 9.40. The fourth-order valence-corrected chi connectivity index (χ4v) is 7.15. The van der Waals surface area contributed by atoms with Gasteiger partial charge in [-0.2, -0.15) is 0 Å². The van der Waals surface area contributed by atoms with Crippen molar-refractivity contribution in [3.63, 3.8) is 0 Å². The van der Waals surface area contributed by atoms with Crippen molar-refractivity contribution < 1.29 is 19.1 Å². The first-order valence-corrected chi connectivity index (χ1v) is 15.6. The molecular weight excluding hydrogens is 538 g/mol. The smallest absolute Gasteiger partial charge is 0.312 e. The van der Waals surface area contributed by atoms with Crippen molar-refractivity contribution in [1.82, 2.24) is 15.5 Å². The van der Waals surface area contributed by atoms with Gasteiger partial charge in [0.15, 0.2) is 0 Å². The van der Waals surface area contributed by atoms with Crippen molar-refractivity contribution in [3.8, 4) is 0 Å². The summed E-state index contributed by atoms with van der Waals surface area (Å²) < 4.78 is 5.60. The topological polar surface area (TPSA) is 87.7 Å². The van der Waals surface area contributed by atoms with Gasteiger partial charge in [-0.25, -0.2) is 0 Å². The van der Waals surface area contributed by atoms with Crippen LogP contribution in [0, 0.1) is 11.3 Å². The van der Waals surface area contributed by atoms with Crippen molar-refractivity contribution >= 4 is 29.4 Å². The molecule has 0 spiro atoms. The molecule has 7 nitrogen and oxygen atoms in total. The van der Waals surface area contributed by atoms with E-state index in [0.29, 0.717) is 62.9 Å². The lowest BCUT2D eigenvalue weighted by atomic mass is 9.63. The Morgan fingerprint density at radius 1 is 1.02 bits per heavy atom. The highest BCUT2D eigenvalue weighted by Crippen LogP contribution is 2.47. The molecule has 8 heteroatoms. The molecule has 2 N–H and O–H groups in total. The second kappa shape index (κ2) is 13.4. The molecule has 3 aliphatic rings. The first-order chi connectivity index (χ1) is 19.9. The molecule has 2 fully saturated rings. The molecule has 2 aromatic rings. The number of carbonyl (C=O) groups is 3. The molecule has 2 atom stereocenters. The average molecular weight is 580 g/mol. The Balaban J connectivity index is 1.30. The van der Waals surface area contributed by atoms with Crippen molar-refractivity contribution in [1.29, 1.82) is 0 Å². The Kier molecular flexibility index (Phi) is 9.66. The van der Waals surface area contributed by atoms with Gasteiger partial charge >= 0.3 is 5.97 Å². The summed E-state index contributed by atoms with van der Waals surface area (Å²) in [5.74, 6) is -0.0800. The summed E-state index contributed by atoms with van der Waals surface area (Å²) in [5.41, 5.74) is 2.75. The summed E-state index contributed by atoms with van der Waals surface area (Å²) in [6.45, 7) is 3.80. The van der Waals surface area contributed by atoms with Crippen LogP contribution < -0.4 is 10.6 Å². The second-order valence-electron chi connectivity index (χ2n) is 11.8. The number of hydrogen-bond donors (Lipinski definition) is 2. The molecule has 1 aliphatic carbocycles. The largest absolute Gasteiger partial charge is 0.466 e. The zero-order valence-corrected chi connectivity index (χ0v) is 24.8. The number of halogens is 1. The zero-order chi connectivity index (χ0) is 28.8. The third kappa shape index (κ3) is 6.78. The number of benzene rings is 2. The Bertz CT molecular complexity index is 1220. The minimum absolute atomic E-state index is 0.103. The minimum atomic E-state index is -0.715. The Labute approximate surface area is 248 Å².